The predicted octanol–water partition coefficient (Wildman–Crippen LogP) is 5.44. The number of amides is 1. The number of oxime groups is 1. The molecule has 0 aliphatic carbocycles. The van der Waals surface area contributed by atoms with Crippen molar-refractivity contribution in [3.8, 4) is 0 Å². The van der Waals surface area contributed by atoms with Gasteiger partial charge in [-0.2, -0.15) is 13.2 Å². The van der Waals surface area contributed by atoms with Gasteiger partial charge < -0.3 is 10.2 Å². The number of carbonyl (C=O) groups is 1. The van der Waals surface area contributed by atoms with Crippen LogP contribution in [-0.4, -0.2) is 16.6 Å². The number of benzene rings is 2. The van der Waals surface area contributed by atoms with Crippen LogP contribution in [0, 0.1) is 6.92 Å². The molecular formula is C23H20F3N3O2S. The fourth-order valence-corrected chi connectivity index (χ4v) is 4.07. The van der Waals surface area contributed by atoms with E-state index in [2.05, 4.69) is 15.5 Å². The number of nitrogens with zero attached hydrogens (tertiary/aromatic N) is 2. The second-order valence-corrected chi connectivity index (χ2v) is 8.58. The van der Waals surface area contributed by atoms with Gasteiger partial charge in [0.15, 0.2) is 5.60 Å². The first-order valence-corrected chi connectivity index (χ1v) is 10.8. The summed E-state index contributed by atoms with van der Waals surface area (Å²) in [6.07, 6.45) is -4.13. The molecule has 1 aliphatic rings. The molecule has 32 heavy (non-hydrogen) atoms. The average molecular weight is 459 g/mol. The van der Waals surface area contributed by atoms with Gasteiger partial charge >= 0.3 is 6.18 Å². The third-order valence-electron chi connectivity index (χ3n) is 5.27. The van der Waals surface area contributed by atoms with Crippen LogP contribution in [-0.2, 0) is 23.2 Å². The fourth-order valence-electron chi connectivity index (χ4n) is 3.51. The molecule has 1 aliphatic heterocycles. The molecule has 1 N–H and O–H groups in total. The van der Waals surface area contributed by atoms with Crippen LogP contribution < -0.4 is 5.32 Å². The molecule has 0 saturated carbocycles. The summed E-state index contributed by atoms with van der Waals surface area (Å²) in [4.78, 5) is 22.1. The summed E-state index contributed by atoms with van der Waals surface area (Å²) in [6.45, 7) is 3.69. The first kappa shape index (κ1) is 22.0. The van der Waals surface area contributed by atoms with Gasteiger partial charge in [0.05, 0.1) is 29.0 Å². The molecule has 2 aromatic carbocycles. The van der Waals surface area contributed by atoms with Crippen LogP contribution in [0.25, 0.3) is 0 Å². The molecule has 9 heteroatoms. The van der Waals surface area contributed by atoms with Crippen molar-refractivity contribution in [3.05, 3.63) is 86.9 Å². The molecule has 0 bridgehead atoms. The van der Waals surface area contributed by atoms with Crippen molar-refractivity contribution in [2.24, 2.45) is 5.16 Å². The SMILES string of the molecule is Cc1cc(C(F)(F)F)cc(C2(C)CC(c3ccc(C(=O)NCc4cscn4)cc3)=NO2)c1. The second kappa shape index (κ2) is 8.38. The van der Waals surface area contributed by atoms with Gasteiger partial charge in [0.2, 0.25) is 0 Å². The maximum Gasteiger partial charge on any atom is 0.416 e. The van der Waals surface area contributed by atoms with E-state index < -0.39 is 17.3 Å². The highest BCUT2D eigenvalue weighted by molar-refractivity contribution is 7.07. The van der Waals surface area contributed by atoms with Gasteiger partial charge in [-0.1, -0.05) is 28.9 Å². The maximum atomic E-state index is 13.2. The van der Waals surface area contributed by atoms with E-state index in [9.17, 15) is 18.0 Å². The van der Waals surface area contributed by atoms with Crippen molar-refractivity contribution in [2.45, 2.75) is 38.6 Å². The van der Waals surface area contributed by atoms with Crippen molar-refractivity contribution >= 4 is 23.0 Å². The van der Waals surface area contributed by atoms with Crippen molar-refractivity contribution < 1.29 is 22.8 Å². The molecule has 1 atom stereocenters. The Hall–Kier alpha value is -3.20. The molecule has 0 spiro atoms. The number of alkyl halides is 3. The lowest BCUT2D eigenvalue weighted by molar-refractivity contribution is -0.137. The minimum absolute atomic E-state index is 0.224. The Morgan fingerprint density at radius 3 is 2.62 bits per heavy atom. The van der Waals surface area contributed by atoms with Crippen LogP contribution >= 0.6 is 11.3 Å². The molecular weight excluding hydrogens is 439 g/mol. The van der Waals surface area contributed by atoms with Gasteiger partial charge in [-0.15, -0.1) is 11.3 Å². The number of rotatable bonds is 5. The van der Waals surface area contributed by atoms with E-state index in [0.717, 1.165) is 23.4 Å². The standard InChI is InChI=1S/C23H20F3N3O2S/c1-14-7-17(9-18(8-14)23(24,25)26)22(2)10-20(29-31-22)15-3-5-16(6-4-15)21(30)27-11-19-12-32-13-28-19/h3-9,12-13H,10-11H2,1-2H3,(H,27,30). The molecule has 166 valence electrons. The van der Waals surface area contributed by atoms with Gasteiger partial charge in [0.25, 0.3) is 5.91 Å². The summed E-state index contributed by atoms with van der Waals surface area (Å²) >= 11 is 1.46. The van der Waals surface area contributed by atoms with Crippen molar-refractivity contribution in [1.82, 2.24) is 10.3 Å². The highest BCUT2D eigenvalue weighted by atomic mass is 32.1. The molecule has 5 nitrogen and oxygen atoms in total. The monoisotopic (exact) mass is 459 g/mol. The number of aromatic nitrogens is 1. The Morgan fingerprint density at radius 1 is 1.22 bits per heavy atom. The van der Waals surface area contributed by atoms with E-state index in [1.807, 2.05) is 5.38 Å². The van der Waals surface area contributed by atoms with Gasteiger partial charge in [-0.05, 0) is 49.2 Å². The fraction of sp³-hybridized carbons (Fsp3) is 0.261. The highest BCUT2D eigenvalue weighted by Crippen LogP contribution is 2.39. The number of carbonyl (C=O) groups excluding carboxylic acids is 1. The normalized spacial score (nSPS) is 18.2. The van der Waals surface area contributed by atoms with E-state index in [1.165, 1.54) is 11.3 Å². The molecule has 0 saturated heterocycles. The Kier molecular flexibility index (Phi) is 5.77. The zero-order valence-corrected chi connectivity index (χ0v) is 18.2. The summed E-state index contributed by atoms with van der Waals surface area (Å²) < 4.78 is 39.7. The first-order chi connectivity index (χ1) is 15.1. The number of nitrogens with one attached hydrogen (secondary N) is 1. The zero-order chi connectivity index (χ0) is 22.9. The molecule has 4 rings (SSSR count). The topological polar surface area (TPSA) is 63.6 Å². The van der Waals surface area contributed by atoms with E-state index in [-0.39, 0.29) is 5.91 Å². The lowest BCUT2D eigenvalue weighted by atomic mass is 9.87. The van der Waals surface area contributed by atoms with Gasteiger partial charge in [0.1, 0.15) is 0 Å². The molecule has 1 unspecified atom stereocenters. The van der Waals surface area contributed by atoms with Crippen molar-refractivity contribution in [3.63, 3.8) is 0 Å². The van der Waals surface area contributed by atoms with E-state index in [1.54, 1.807) is 49.7 Å². The first-order valence-electron chi connectivity index (χ1n) is 9.84. The van der Waals surface area contributed by atoms with Crippen LogP contribution in [0.4, 0.5) is 13.2 Å². The van der Waals surface area contributed by atoms with Gasteiger partial charge in [-0.25, -0.2) is 4.98 Å². The Bertz CT molecular complexity index is 1160. The Balaban J connectivity index is 1.46. The number of halogens is 3. The summed E-state index contributed by atoms with van der Waals surface area (Å²) in [5.74, 6) is -0.224. The van der Waals surface area contributed by atoms with Crippen molar-refractivity contribution in [2.75, 3.05) is 0 Å². The molecule has 0 fully saturated rings. The molecule has 2 heterocycles. The van der Waals surface area contributed by atoms with E-state index >= 15 is 0 Å². The summed E-state index contributed by atoms with van der Waals surface area (Å²) in [6, 6.07) is 10.8. The van der Waals surface area contributed by atoms with Crippen molar-refractivity contribution in [1.29, 1.82) is 0 Å². The van der Waals surface area contributed by atoms with Gasteiger partial charge in [0, 0.05) is 17.4 Å². The highest BCUT2D eigenvalue weighted by Gasteiger charge is 2.39. The minimum Gasteiger partial charge on any atom is -0.384 e. The third-order valence-corrected chi connectivity index (χ3v) is 5.91. The quantitative estimate of drug-likeness (QED) is 0.553. The van der Waals surface area contributed by atoms with Crippen LogP contribution in [0.15, 0.2) is 58.5 Å². The largest absolute Gasteiger partial charge is 0.416 e. The second-order valence-electron chi connectivity index (χ2n) is 7.86. The summed E-state index contributed by atoms with van der Waals surface area (Å²) in [7, 11) is 0. The molecule has 1 aromatic heterocycles. The summed E-state index contributed by atoms with van der Waals surface area (Å²) in [5.41, 5.74) is 3.54. The predicted molar refractivity (Wildman–Crippen MR) is 115 cm³/mol. The number of thiazole rings is 1. The number of hydrogen-bond donors (Lipinski definition) is 1. The van der Waals surface area contributed by atoms with Crippen LogP contribution in [0.5, 0.6) is 0 Å². The smallest absolute Gasteiger partial charge is 0.384 e. The molecule has 1 amide bonds. The summed E-state index contributed by atoms with van der Waals surface area (Å²) in [5, 5.41) is 8.80. The molecule has 0 radical (unpaired) electrons. The van der Waals surface area contributed by atoms with Crippen LogP contribution in [0.3, 0.4) is 0 Å². The lowest BCUT2D eigenvalue weighted by Crippen LogP contribution is -2.23. The van der Waals surface area contributed by atoms with Gasteiger partial charge in [-0.3, -0.25) is 4.79 Å². The average Bonchev–Trinajstić information content (AvgIpc) is 3.42. The van der Waals surface area contributed by atoms with E-state index in [4.69, 9.17) is 4.84 Å². The lowest BCUT2D eigenvalue weighted by Gasteiger charge is -2.23. The molecule has 3 aromatic rings. The Morgan fingerprint density at radius 2 is 1.97 bits per heavy atom. The number of hydrogen-bond acceptors (Lipinski definition) is 5. The minimum atomic E-state index is -4.44. The van der Waals surface area contributed by atoms with E-state index in [0.29, 0.717) is 35.4 Å². The number of aryl methyl sites for hydroxylation is 1. The Labute approximate surface area is 186 Å². The third kappa shape index (κ3) is 4.67. The zero-order valence-electron chi connectivity index (χ0n) is 17.4. The van der Waals surface area contributed by atoms with Crippen LogP contribution in [0.2, 0.25) is 0 Å². The maximum absolute atomic E-state index is 13.2. The van der Waals surface area contributed by atoms with Crippen LogP contribution in [0.1, 0.15) is 51.7 Å².